The van der Waals surface area contributed by atoms with Crippen LogP contribution in [0.1, 0.15) is 89.0 Å². The van der Waals surface area contributed by atoms with Crippen molar-refractivity contribution in [3.05, 3.63) is 210 Å². The molecule has 3 nitrogen and oxygen atoms in total. The first-order valence-electron chi connectivity index (χ1n) is 21.6. The van der Waals surface area contributed by atoms with E-state index in [0.717, 1.165) is 66.9 Å². The number of aromatic nitrogens is 1. The highest BCUT2D eigenvalue weighted by molar-refractivity contribution is 5.93. The lowest BCUT2D eigenvalue weighted by molar-refractivity contribution is 0.687. The summed E-state index contributed by atoms with van der Waals surface area (Å²) in [7, 11) is 0. The van der Waals surface area contributed by atoms with Gasteiger partial charge in [-0.25, -0.2) is 0 Å². The summed E-state index contributed by atoms with van der Waals surface area (Å²) in [5.41, 5.74) is 18.8. The van der Waals surface area contributed by atoms with Crippen molar-refractivity contribution in [2.75, 3.05) is 9.80 Å². The molecule has 3 atom stereocenters. The Labute approximate surface area is 354 Å². The fourth-order valence-electron chi connectivity index (χ4n) is 8.99. The average molecular weight is 776 g/mol. The highest BCUT2D eigenvalue weighted by Gasteiger charge is 2.30. The molecule has 0 saturated heterocycles. The minimum Gasteiger partial charge on any atom is -0.334 e. The second-order valence-corrected chi connectivity index (χ2v) is 16.5. The maximum Gasteiger partial charge on any atom is 0.0706 e. The molecule has 300 valence electrons. The van der Waals surface area contributed by atoms with Crippen molar-refractivity contribution in [3.63, 3.8) is 0 Å². The molecule has 3 unspecified atom stereocenters. The molecule has 4 aliphatic rings. The van der Waals surface area contributed by atoms with Gasteiger partial charge in [-0.2, -0.15) is 0 Å². The van der Waals surface area contributed by atoms with Gasteiger partial charge in [-0.3, -0.25) is 4.98 Å². The van der Waals surface area contributed by atoms with Gasteiger partial charge >= 0.3 is 0 Å². The monoisotopic (exact) mass is 775 g/mol. The summed E-state index contributed by atoms with van der Waals surface area (Å²) < 4.78 is 0. The van der Waals surface area contributed by atoms with Crippen LogP contribution in [0.15, 0.2) is 187 Å². The average Bonchev–Trinajstić information content (AvgIpc) is 3.64. The normalized spacial score (nSPS) is 21.0. The molecule has 7 rings (SSSR count). The van der Waals surface area contributed by atoms with Crippen molar-refractivity contribution in [2.24, 2.45) is 11.8 Å². The number of hydrogen-bond acceptors (Lipinski definition) is 3. The minimum absolute atomic E-state index is 0.145. The van der Waals surface area contributed by atoms with Gasteiger partial charge in [0.25, 0.3) is 0 Å². The predicted molar refractivity (Wildman–Crippen MR) is 256 cm³/mol. The Morgan fingerprint density at radius 2 is 1.90 bits per heavy atom. The zero-order valence-electron chi connectivity index (χ0n) is 36.1. The number of allylic oxidation sites excluding steroid dienone is 19. The van der Waals surface area contributed by atoms with Gasteiger partial charge in [0.2, 0.25) is 0 Å². The first-order valence-corrected chi connectivity index (χ1v) is 21.6. The number of rotatable bonds is 12. The van der Waals surface area contributed by atoms with E-state index >= 15 is 0 Å². The number of hydrogen-bond donors (Lipinski definition) is 0. The third-order valence-corrected chi connectivity index (χ3v) is 12.1. The van der Waals surface area contributed by atoms with Gasteiger partial charge in [0.15, 0.2) is 0 Å². The zero-order chi connectivity index (χ0) is 41.5. The number of pyridine rings is 1. The van der Waals surface area contributed by atoms with Gasteiger partial charge in [0, 0.05) is 34.4 Å². The van der Waals surface area contributed by atoms with E-state index in [1.807, 2.05) is 6.08 Å². The molecule has 2 aromatic carbocycles. The number of aryl methyl sites for hydroxylation is 1. The first-order chi connectivity index (χ1) is 28.7. The molecule has 0 N–H and O–H groups in total. The van der Waals surface area contributed by atoms with E-state index in [0.29, 0.717) is 11.8 Å². The summed E-state index contributed by atoms with van der Waals surface area (Å²) >= 11 is 0. The molecule has 3 aliphatic carbocycles. The van der Waals surface area contributed by atoms with Crippen LogP contribution in [0.3, 0.4) is 0 Å². The predicted octanol–water partition coefficient (Wildman–Crippen LogP) is 14.9. The van der Waals surface area contributed by atoms with Crippen LogP contribution in [0.4, 0.5) is 11.4 Å². The van der Waals surface area contributed by atoms with Gasteiger partial charge in [0.1, 0.15) is 0 Å². The van der Waals surface area contributed by atoms with Gasteiger partial charge in [0.05, 0.1) is 17.6 Å². The highest BCUT2D eigenvalue weighted by Crippen LogP contribution is 2.47. The number of fused-ring (bicyclic) bond motifs is 2. The summed E-state index contributed by atoms with van der Waals surface area (Å²) in [5.74, 6) is 1.00. The van der Waals surface area contributed by atoms with E-state index in [2.05, 4.69) is 204 Å². The second kappa shape index (κ2) is 18.8. The van der Waals surface area contributed by atoms with Crippen LogP contribution in [0.25, 0.3) is 22.4 Å². The summed E-state index contributed by atoms with van der Waals surface area (Å²) in [6.45, 7) is 21.9. The molecule has 2 heterocycles. The maximum atomic E-state index is 5.16. The largest absolute Gasteiger partial charge is 0.334 e. The van der Waals surface area contributed by atoms with Crippen molar-refractivity contribution < 1.29 is 0 Å². The molecule has 1 aliphatic heterocycles. The molecular formula is C56H61N3. The molecule has 3 aromatic rings. The fraction of sp³-hybridized carbons (Fsp3) is 0.268. The van der Waals surface area contributed by atoms with E-state index in [4.69, 9.17) is 4.98 Å². The molecule has 0 bridgehead atoms. The lowest BCUT2D eigenvalue weighted by Gasteiger charge is -2.33. The van der Waals surface area contributed by atoms with Crippen molar-refractivity contribution in [1.82, 2.24) is 4.98 Å². The molecule has 0 spiro atoms. The first kappa shape index (κ1) is 41.2. The third kappa shape index (κ3) is 9.05. The smallest absolute Gasteiger partial charge is 0.0706 e. The Hall–Kier alpha value is -5.93. The number of benzene rings is 2. The van der Waals surface area contributed by atoms with Crippen LogP contribution in [-0.4, -0.2) is 11.0 Å². The number of nitrogens with zero attached hydrogens (tertiary/aromatic N) is 3. The van der Waals surface area contributed by atoms with Crippen LogP contribution in [-0.2, 0) is 6.42 Å². The quantitative estimate of drug-likeness (QED) is 0.135. The van der Waals surface area contributed by atoms with E-state index in [1.165, 1.54) is 50.4 Å². The van der Waals surface area contributed by atoms with E-state index in [-0.39, 0.29) is 6.04 Å². The molecule has 0 fully saturated rings. The van der Waals surface area contributed by atoms with Gasteiger partial charge in [-0.1, -0.05) is 136 Å². The molecule has 59 heavy (non-hydrogen) atoms. The molecular weight excluding hydrogens is 715 g/mol. The van der Waals surface area contributed by atoms with Crippen molar-refractivity contribution >= 4 is 22.5 Å². The van der Waals surface area contributed by atoms with Crippen LogP contribution >= 0.6 is 0 Å². The van der Waals surface area contributed by atoms with Gasteiger partial charge < -0.3 is 9.80 Å². The lowest BCUT2D eigenvalue weighted by Crippen LogP contribution is -2.31. The SMILES string of the molecule is C=CC/C=C\C=C/C(C)N(C1=CCC(C)C=C1)c1cnc(-c2ccc3c(c2)C2=C(C3)C(C)CC(c3cccc(N4C(=C)/C=C\C=C/CC(/C=C\C)=C4CC)c3)=C2)cc1C. The molecule has 1 aromatic heterocycles. The van der Waals surface area contributed by atoms with Crippen LogP contribution < -0.4 is 9.80 Å². The third-order valence-electron chi connectivity index (χ3n) is 12.1. The molecule has 3 heteroatoms. The van der Waals surface area contributed by atoms with E-state index in [9.17, 15) is 0 Å². The Balaban J connectivity index is 1.20. The van der Waals surface area contributed by atoms with E-state index in [1.54, 1.807) is 5.57 Å². The van der Waals surface area contributed by atoms with Crippen LogP contribution in [0, 0.1) is 18.8 Å². The van der Waals surface area contributed by atoms with Gasteiger partial charge in [-0.15, -0.1) is 6.58 Å². The highest BCUT2D eigenvalue weighted by atomic mass is 15.2. The van der Waals surface area contributed by atoms with Crippen LogP contribution in [0.2, 0.25) is 0 Å². The fourth-order valence-corrected chi connectivity index (χ4v) is 8.99. The Bertz CT molecular complexity index is 2410. The Kier molecular flexibility index (Phi) is 13.1. The van der Waals surface area contributed by atoms with Gasteiger partial charge in [-0.05, 0) is 147 Å². The van der Waals surface area contributed by atoms with E-state index < -0.39 is 0 Å². The summed E-state index contributed by atoms with van der Waals surface area (Å²) in [5, 5.41) is 0. The standard InChI is InChI=1S/C56H61N3/c1-9-12-13-14-16-21-42(7)58(49-30-26-39(4)27-31-49)56-38-57-54(33-41(56)6)47-29-28-46-35-51-40(5)32-48(37-53(51)52(46)36-47)45-24-19-25-50(34-45)59-43(8)22-17-15-18-23-44(20-10-2)55(59)11-3/h9-10,13-22,24-26,28-31,33-34,36-40,42H,1,8,11-12,23,27,32,35H2,2-7H3/b14-13-,18-15-,20-10-,21-16-,22-17-,55-44?. The summed E-state index contributed by atoms with van der Waals surface area (Å²) in [6, 6.07) is 18.5. The number of anilines is 2. The molecule has 0 radical (unpaired) electrons. The van der Waals surface area contributed by atoms with Crippen molar-refractivity contribution in [1.29, 1.82) is 0 Å². The molecule has 0 amide bonds. The molecule has 0 saturated carbocycles. The second-order valence-electron chi connectivity index (χ2n) is 16.5. The lowest BCUT2D eigenvalue weighted by atomic mass is 9.82. The Morgan fingerprint density at radius 1 is 1.03 bits per heavy atom. The zero-order valence-corrected chi connectivity index (χ0v) is 36.1. The van der Waals surface area contributed by atoms with Crippen molar-refractivity contribution in [2.45, 2.75) is 86.1 Å². The van der Waals surface area contributed by atoms with Crippen molar-refractivity contribution in [3.8, 4) is 11.3 Å². The minimum atomic E-state index is 0.145. The summed E-state index contributed by atoms with van der Waals surface area (Å²) in [6.07, 6.45) is 40.8. The Morgan fingerprint density at radius 3 is 2.66 bits per heavy atom. The maximum absolute atomic E-state index is 5.16. The topological polar surface area (TPSA) is 19.4 Å². The summed E-state index contributed by atoms with van der Waals surface area (Å²) in [4.78, 5) is 9.95. The van der Waals surface area contributed by atoms with Crippen LogP contribution in [0.5, 0.6) is 0 Å².